The zero-order valence-corrected chi connectivity index (χ0v) is 11.7. The lowest BCUT2D eigenvalue weighted by molar-refractivity contribution is 0.172. The first-order chi connectivity index (χ1) is 8.63. The van der Waals surface area contributed by atoms with Gasteiger partial charge in [-0.2, -0.15) is 0 Å². The summed E-state index contributed by atoms with van der Waals surface area (Å²) in [7, 11) is 1.70. The molecule has 18 heavy (non-hydrogen) atoms. The van der Waals surface area contributed by atoms with Gasteiger partial charge in [0, 0.05) is 26.2 Å². The second kappa shape index (κ2) is 8.11. The standard InChI is InChI=1S/C15H25NO2/c1-12(2)15(16)11-13-6-4-7-14(10-13)18-9-5-8-17-3/h4,6-7,10,12,15H,5,8-9,11,16H2,1-3H3. The Labute approximate surface area is 110 Å². The van der Waals surface area contributed by atoms with Gasteiger partial charge in [0.05, 0.1) is 6.61 Å². The molecule has 102 valence electrons. The maximum absolute atomic E-state index is 6.08. The van der Waals surface area contributed by atoms with Gasteiger partial charge in [-0.05, 0) is 30.0 Å². The van der Waals surface area contributed by atoms with Crippen molar-refractivity contribution >= 4 is 0 Å². The molecule has 0 saturated carbocycles. The minimum atomic E-state index is 0.203. The van der Waals surface area contributed by atoms with E-state index in [0.717, 1.165) is 25.2 Å². The third-order valence-corrected chi connectivity index (χ3v) is 2.99. The van der Waals surface area contributed by atoms with Gasteiger partial charge in [0.1, 0.15) is 5.75 Å². The first kappa shape index (κ1) is 15.0. The van der Waals surface area contributed by atoms with E-state index >= 15 is 0 Å². The second-order valence-electron chi connectivity index (χ2n) is 4.95. The molecule has 0 fully saturated rings. The summed E-state index contributed by atoms with van der Waals surface area (Å²) in [6.45, 7) is 5.72. The van der Waals surface area contributed by atoms with E-state index in [1.54, 1.807) is 7.11 Å². The highest BCUT2D eigenvalue weighted by atomic mass is 16.5. The van der Waals surface area contributed by atoms with Crippen molar-refractivity contribution in [3.05, 3.63) is 29.8 Å². The van der Waals surface area contributed by atoms with E-state index in [4.69, 9.17) is 15.2 Å². The molecule has 0 aliphatic rings. The Morgan fingerprint density at radius 2 is 2.00 bits per heavy atom. The Kier molecular flexibility index (Phi) is 6.76. The van der Waals surface area contributed by atoms with E-state index in [1.165, 1.54) is 5.56 Å². The van der Waals surface area contributed by atoms with Crippen LogP contribution in [0.1, 0.15) is 25.8 Å². The lowest BCUT2D eigenvalue weighted by atomic mass is 9.97. The molecule has 0 amide bonds. The molecule has 0 aliphatic heterocycles. The average Bonchev–Trinajstić information content (AvgIpc) is 2.35. The van der Waals surface area contributed by atoms with Crippen LogP contribution in [0.25, 0.3) is 0 Å². The SMILES string of the molecule is COCCCOc1cccc(CC(N)C(C)C)c1. The van der Waals surface area contributed by atoms with Crippen LogP contribution in [0.2, 0.25) is 0 Å². The van der Waals surface area contributed by atoms with Crippen LogP contribution < -0.4 is 10.5 Å². The predicted molar refractivity (Wildman–Crippen MR) is 74.9 cm³/mol. The maximum atomic E-state index is 6.08. The molecule has 3 nitrogen and oxygen atoms in total. The summed E-state index contributed by atoms with van der Waals surface area (Å²) in [5.41, 5.74) is 7.32. The summed E-state index contributed by atoms with van der Waals surface area (Å²) >= 11 is 0. The van der Waals surface area contributed by atoms with E-state index < -0.39 is 0 Å². The van der Waals surface area contributed by atoms with Gasteiger partial charge in [-0.3, -0.25) is 0 Å². The van der Waals surface area contributed by atoms with Gasteiger partial charge in [0.25, 0.3) is 0 Å². The number of hydrogen-bond acceptors (Lipinski definition) is 3. The van der Waals surface area contributed by atoms with Crippen LogP contribution in [-0.2, 0) is 11.2 Å². The van der Waals surface area contributed by atoms with Crippen molar-refractivity contribution in [2.45, 2.75) is 32.7 Å². The molecule has 1 aromatic rings. The Hall–Kier alpha value is -1.06. The highest BCUT2D eigenvalue weighted by Gasteiger charge is 2.08. The fourth-order valence-electron chi connectivity index (χ4n) is 1.66. The Morgan fingerprint density at radius 1 is 1.22 bits per heavy atom. The normalized spacial score (nSPS) is 12.7. The second-order valence-corrected chi connectivity index (χ2v) is 4.95. The van der Waals surface area contributed by atoms with Crippen molar-refractivity contribution in [3.8, 4) is 5.75 Å². The molecule has 2 N–H and O–H groups in total. The number of hydrogen-bond donors (Lipinski definition) is 1. The monoisotopic (exact) mass is 251 g/mol. The van der Waals surface area contributed by atoms with Gasteiger partial charge in [-0.25, -0.2) is 0 Å². The minimum Gasteiger partial charge on any atom is -0.493 e. The molecule has 0 bridgehead atoms. The van der Waals surface area contributed by atoms with Crippen molar-refractivity contribution in [1.82, 2.24) is 0 Å². The first-order valence-electron chi connectivity index (χ1n) is 6.59. The molecule has 1 rings (SSSR count). The first-order valence-corrected chi connectivity index (χ1v) is 6.59. The Balaban J connectivity index is 2.46. The molecule has 0 heterocycles. The number of nitrogens with two attached hydrogens (primary N) is 1. The van der Waals surface area contributed by atoms with Gasteiger partial charge < -0.3 is 15.2 Å². The van der Waals surface area contributed by atoms with E-state index in [9.17, 15) is 0 Å². The number of methoxy groups -OCH3 is 1. The summed E-state index contributed by atoms with van der Waals surface area (Å²) in [6.07, 6.45) is 1.80. The fraction of sp³-hybridized carbons (Fsp3) is 0.600. The van der Waals surface area contributed by atoms with Crippen molar-refractivity contribution in [3.63, 3.8) is 0 Å². The summed E-state index contributed by atoms with van der Waals surface area (Å²) in [5.74, 6) is 1.41. The molecule has 0 saturated heterocycles. The molecule has 1 atom stereocenters. The van der Waals surface area contributed by atoms with Crippen LogP contribution in [0.5, 0.6) is 5.75 Å². The number of rotatable bonds is 8. The minimum absolute atomic E-state index is 0.203. The predicted octanol–water partition coefficient (Wildman–Crippen LogP) is 2.63. The quantitative estimate of drug-likeness (QED) is 0.722. The van der Waals surface area contributed by atoms with Crippen molar-refractivity contribution in [1.29, 1.82) is 0 Å². The highest BCUT2D eigenvalue weighted by molar-refractivity contribution is 5.29. The van der Waals surface area contributed by atoms with Gasteiger partial charge in [-0.15, -0.1) is 0 Å². The lowest BCUT2D eigenvalue weighted by Gasteiger charge is -2.16. The van der Waals surface area contributed by atoms with Crippen LogP contribution in [-0.4, -0.2) is 26.4 Å². The molecule has 0 spiro atoms. The third-order valence-electron chi connectivity index (χ3n) is 2.99. The zero-order valence-electron chi connectivity index (χ0n) is 11.7. The van der Waals surface area contributed by atoms with Gasteiger partial charge in [0.15, 0.2) is 0 Å². The van der Waals surface area contributed by atoms with Gasteiger partial charge >= 0.3 is 0 Å². The van der Waals surface area contributed by atoms with E-state index in [0.29, 0.717) is 12.5 Å². The van der Waals surface area contributed by atoms with Crippen LogP contribution in [0.4, 0.5) is 0 Å². The van der Waals surface area contributed by atoms with Crippen LogP contribution in [0.3, 0.4) is 0 Å². The number of benzene rings is 1. The van der Waals surface area contributed by atoms with Gasteiger partial charge in [0.2, 0.25) is 0 Å². The van der Waals surface area contributed by atoms with Crippen LogP contribution in [0, 0.1) is 5.92 Å². The van der Waals surface area contributed by atoms with E-state index in [2.05, 4.69) is 26.0 Å². The largest absolute Gasteiger partial charge is 0.493 e. The Morgan fingerprint density at radius 3 is 2.67 bits per heavy atom. The summed E-state index contributed by atoms with van der Waals surface area (Å²) in [5, 5.41) is 0. The molecule has 3 heteroatoms. The Bertz CT molecular complexity index is 339. The van der Waals surface area contributed by atoms with E-state index in [1.807, 2.05) is 12.1 Å². The smallest absolute Gasteiger partial charge is 0.119 e. The van der Waals surface area contributed by atoms with Gasteiger partial charge in [-0.1, -0.05) is 26.0 Å². The summed E-state index contributed by atoms with van der Waals surface area (Å²) < 4.78 is 10.7. The third kappa shape index (κ3) is 5.52. The van der Waals surface area contributed by atoms with Crippen LogP contribution in [0.15, 0.2) is 24.3 Å². The highest BCUT2D eigenvalue weighted by Crippen LogP contribution is 2.16. The zero-order chi connectivity index (χ0) is 13.4. The molecule has 1 unspecified atom stereocenters. The van der Waals surface area contributed by atoms with Crippen molar-refractivity contribution in [2.75, 3.05) is 20.3 Å². The molecule has 0 radical (unpaired) electrons. The fourth-order valence-corrected chi connectivity index (χ4v) is 1.66. The molecule has 0 aromatic heterocycles. The summed E-state index contributed by atoms with van der Waals surface area (Å²) in [6, 6.07) is 8.39. The average molecular weight is 251 g/mol. The van der Waals surface area contributed by atoms with Crippen LogP contribution >= 0.6 is 0 Å². The molecule has 0 aliphatic carbocycles. The molecular weight excluding hydrogens is 226 g/mol. The lowest BCUT2D eigenvalue weighted by Crippen LogP contribution is -2.28. The molecule has 1 aromatic carbocycles. The number of ether oxygens (including phenoxy) is 2. The topological polar surface area (TPSA) is 44.5 Å². The van der Waals surface area contributed by atoms with Crippen molar-refractivity contribution in [2.24, 2.45) is 11.7 Å². The van der Waals surface area contributed by atoms with E-state index in [-0.39, 0.29) is 6.04 Å². The maximum Gasteiger partial charge on any atom is 0.119 e. The summed E-state index contributed by atoms with van der Waals surface area (Å²) in [4.78, 5) is 0. The van der Waals surface area contributed by atoms with Crippen molar-refractivity contribution < 1.29 is 9.47 Å². The molecular formula is C15H25NO2.